The van der Waals surface area contributed by atoms with Crippen LogP contribution in [0.15, 0.2) is 42.5 Å². The zero-order chi connectivity index (χ0) is 13.1. The smallest absolute Gasteiger partial charge is 0.129 e. The van der Waals surface area contributed by atoms with Gasteiger partial charge in [-0.25, -0.2) is 4.98 Å². The van der Waals surface area contributed by atoms with Gasteiger partial charge in [0.15, 0.2) is 0 Å². The molecule has 19 heavy (non-hydrogen) atoms. The van der Waals surface area contributed by atoms with E-state index in [0.717, 1.165) is 24.6 Å². The molecule has 0 spiro atoms. The molecule has 2 heteroatoms. The number of hydrogen-bond donors (Lipinski definition) is 0. The fraction of sp³-hybridized carbons (Fsp3) is 0.353. The fourth-order valence-corrected chi connectivity index (χ4v) is 2.73. The third-order valence-electron chi connectivity index (χ3n) is 3.73. The van der Waals surface area contributed by atoms with Gasteiger partial charge in [0.05, 0.1) is 0 Å². The quantitative estimate of drug-likeness (QED) is 0.801. The van der Waals surface area contributed by atoms with E-state index in [0.29, 0.717) is 0 Å². The first-order valence-electron chi connectivity index (χ1n) is 7.12. The lowest BCUT2D eigenvalue weighted by Crippen LogP contribution is -2.30. The molecule has 0 unspecified atom stereocenters. The van der Waals surface area contributed by atoms with Crippen molar-refractivity contribution in [3.63, 3.8) is 0 Å². The van der Waals surface area contributed by atoms with Gasteiger partial charge in [-0.3, -0.25) is 0 Å². The Labute approximate surface area is 115 Å². The van der Waals surface area contributed by atoms with Crippen LogP contribution >= 0.6 is 0 Å². The van der Waals surface area contributed by atoms with Crippen LogP contribution in [0.25, 0.3) is 11.1 Å². The zero-order valence-corrected chi connectivity index (χ0v) is 11.5. The summed E-state index contributed by atoms with van der Waals surface area (Å²) in [4.78, 5) is 7.13. The minimum Gasteiger partial charge on any atom is -0.357 e. The Morgan fingerprint density at radius 1 is 0.895 bits per heavy atom. The summed E-state index contributed by atoms with van der Waals surface area (Å²) in [6.07, 6.45) is 3.93. The third kappa shape index (κ3) is 2.78. The average Bonchev–Trinajstić information content (AvgIpc) is 2.48. The van der Waals surface area contributed by atoms with Crippen molar-refractivity contribution < 1.29 is 0 Å². The molecule has 2 aromatic rings. The number of benzene rings is 1. The summed E-state index contributed by atoms with van der Waals surface area (Å²) in [7, 11) is 0. The van der Waals surface area contributed by atoms with Gasteiger partial charge in [0, 0.05) is 18.8 Å². The molecule has 0 N–H and O–H groups in total. The van der Waals surface area contributed by atoms with Crippen LogP contribution in [-0.2, 0) is 0 Å². The van der Waals surface area contributed by atoms with Crippen molar-refractivity contribution in [1.82, 2.24) is 4.98 Å². The van der Waals surface area contributed by atoms with Crippen LogP contribution < -0.4 is 4.90 Å². The first kappa shape index (κ1) is 12.2. The van der Waals surface area contributed by atoms with E-state index in [9.17, 15) is 0 Å². The summed E-state index contributed by atoms with van der Waals surface area (Å²) in [5.74, 6) is 1.14. The molecule has 0 aliphatic carbocycles. The van der Waals surface area contributed by atoms with E-state index in [1.807, 2.05) is 0 Å². The molecule has 2 nitrogen and oxygen atoms in total. The summed E-state index contributed by atoms with van der Waals surface area (Å²) in [5.41, 5.74) is 3.64. The molecule has 1 aromatic carbocycles. The van der Waals surface area contributed by atoms with Gasteiger partial charge in [0.1, 0.15) is 5.82 Å². The molecule has 1 saturated heterocycles. The van der Waals surface area contributed by atoms with E-state index in [1.165, 1.54) is 30.4 Å². The lowest BCUT2D eigenvalue weighted by Gasteiger charge is -2.28. The normalized spacial score (nSPS) is 15.5. The predicted molar refractivity (Wildman–Crippen MR) is 80.5 cm³/mol. The minimum absolute atomic E-state index is 1.10. The molecule has 3 rings (SSSR count). The highest BCUT2D eigenvalue weighted by Crippen LogP contribution is 2.26. The number of pyridine rings is 1. The Balaban J connectivity index is 1.96. The predicted octanol–water partition coefficient (Wildman–Crippen LogP) is 4.05. The van der Waals surface area contributed by atoms with Crippen LogP contribution in [0.4, 0.5) is 5.82 Å². The Kier molecular flexibility index (Phi) is 3.49. The van der Waals surface area contributed by atoms with E-state index in [4.69, 9.17) is 4.98 Å². The summed E-state index contributed by atoms with van der Waals surface area (Å²) in [6.45, 7) is 4.37. The molecule has 1 aliphatic heterocycles. The Morgan fingerprint density at radius 3 is 2.37 bits per heavy atom. The minimum atomic E-state index is 1.10. The van der Waals surface area contributed by atoms with Gasteiger partial charge in [-0.1, -0.05) is 30.3 Å². The van der Waals surface area contributed by atoms with Crippen molar-refractivity contribution in [1.29, 1.82) is 0 Å². The van der Waals surface area contributed by atoms with E-state index in [-0.39, 0.29) is 0 Å². The summed E-state index contributed by atoms with van der Waals surface area (Å²) in [6, 6.07) is 15.0. The van der Waals surface area contributed by atoms with Crippen LogP contribution in [0.3, 0.4) is 0 Å². The molecule has 0 bridgehead atoms. The van der Waals surface area contributed by atoms with Crippen molar-refractivity contribution in [3.8, 4) is 11.1 Å². The van der Waals surface area contributed by atoms with Crippen molar-refractivity contribution >= 4 is 5.82 Å². The van der Waals surface area contributed by atoms with Crippen molar-refractivity contribution in [2.75, 3.05) is 18.0 Å². The largest absolute Gasteiger partial charge is 0.357 e. The first-order chi connectivity index (χ1) is 9.33. The molecule has 1 aromatic heterocycles. The van der Waals surface area contributed by atoms with E-state index < -0.39 is 0 Å². The number of anilines is 1. The van der Waals surface area contributed by atoms with Gasteiger partial charge < -0.3 is 4.90 Å². The second kappa shape index (κ2) is 5.43. The van der Waals surface area contributed by atoms with Gasteiger partial charge >= 0.3 is 0 Å². The fourth-order valence-electron chi connectivity index (χ4n) is 2.73. The van der Waals surface area contributed by atoms with Gasteiger partial charge in [-0.2, -0.15) is 0 Å². The number of nitrogens with zero attached hydrogens (tertiary/aromatic N) is 2. The Morgan fingerprint density at radius 2 is 1.63 bits per heavy atom. The number of hydrogen-bond acceptors (Lipinski definition) is 2. The summed E-state index contributed by atoms with van der Waals surface area (Å²) in [5, 5.41) is 0. The van der Waals surface area contributed by atoms with E-state index in [1.54, 1.807) is 0 Å². The second-order valence-corrected chi connectivity index (χ2v) is 5.27. The monoisotopic (exact) mass is 252 g/mol. The maximum atomic E-state index is 4.71. The van der Waals surface area contributed by atoms with Gasteiger partial charge in [0.2, 0.25) is 0 Å². The first-order valence-corrected chi connectivity index (χ1v) is 7.12. The Hall–Kier alpha value is -1.83. The number of aryl methyl sites for hydroxylation is 1. The lowest BCUT2D eigenvalue weighted by atomic mass is 10.1. The second-order valence-electron chi connectivity index (χ2n) is 5.27. The number of rotatable bonds is 2. The third-order valence-corrected chi connectivity index (χ3v) is 3.73. The average molecular weight is 252 g/mol. The standard InChI is InChI=1S/C17H20N2/c1-14-12-16(15-8-4-2-5-9-15)13-17(18-14)19-10-6-3-7-11-19/h2,4-5,8-9,12-13H,3,6-7,10-11H2,1H3. The Bertz CT molecular complexity index is 542. The molecule has 1 aliphatic rings. The summed E-state index contributed by atoms with van der Waals surface area (Å²) < 4.78 is 0. The molecule has 0 radical (unpaired) electrons. The molecular formula is C17H20N2. The van der Waals surface area contributed by atoms with Crippen LogP contribution in [-0.4, -0.2) is 18.1 Å². The zero-order valence-electron chi connectivity index (χ0n) is 11.5. The lowest BCUT2D eigenvalue weighted by molar-refractivity contribution is 0.573. The molecule has 1 fully saturated rings. The van der Waals surface area contributed by atoms with Gasteiger partial charge in [0.25, 0.3) is 0 Å². The van der Waals surface area contributed by atoms with Crippen molar-refractivity contribution in [2.24, 2.45) is 0 Å². The SMILES string of the molecule is Cc1cc(-c2ccccc2)cc(N2CCCCC2)n1. The topological polar surface area (TPSA) is 16.1 Å². The van der Waals surface area contributed by atoms with Crippen molar-refractivity contribution in [3.05, 3.63) is 48.2 Å². The van der Waals surface area contributed by atoms with Gasteiger partial charge in [-0.15, -0.1) is 0 Å². The van der Waals surface area contributed by atoms with Crippen LogP contribution in [0.1, 0.15) is 25.0 Å². The highest BCUT2D eigenvalue weighted by molar-refractivity contribution is 5.67. The van der Waals surface area contributed by atoms with Crippen LogP contribution in [0, 0.1) is 6.92 Å². The summed E-state index contributed by atoms with van der Waals surface area (Å²) >= 11 is 0. The maximum Gasteiger partial charge on any atom is 0.129 e. The number of piperidine rings is 1. The number of aromatic nitrogens is 1. The molecule has 0 saturated carbocycles. The van der Waals surface area contributed by atoms with E-state index in [2.05, 4.69) is 54.3 Å². The molecule has 0 amide bonds. The highest BCUT2D eigenvalue weighted by atomic mass is 15.2. The molecular weight excluding hydrogens is 232 g/mol. The maximum absolute atomic E-state index is 4.71. The molecule has 98 valence electrons. The highest BCUT2D eigenvalue weighted by Gasteiger charge is 2.13. The van der Waals surface area contributed by atoms with Crippen LogP contribution in [0.5, 0.6) is 0 Å². The van der Waals surface area contributed by atoms with Gasteiger partial charge in [-0.05, 0) is 49.4 Å². The molecule has 0 atom stereocenters. The van der Waals surface area contributed by atoms with Crippen LogP contribution in [0.2, 0.25) is 0 Å². The molecule has 2 heterocycles. The van der Waals surface area contributed by atoms with Crippen molar-refractivity contribution in [2.45, 2.75) is 26.2 Å². The van der Waals surface area contributed by atoms with E-state index >= 15 is 0 Å².